The quantitative estimate of drug-likeness (QED) is 0.737. The zero-order chi connectivity index (χ0) is 19.8. The number of carbonyl (C=O) groups excluding carboxylic acids is 1. The Labute approximate surface area is 143 Å². The lowest BCUT2D eigenvalue weighted by atomic mass is 10.1. The van der Waals surface area contributed by atoms with Crippen LogP contribution in [-0.2, 0) is 11.3 Å². The Kier molecular flexibility index (Phi) is 5.50. The minimum Gasteiger partial charge on any atom is -0.335 e. The minimum atomic E-state index is -6.56. The summed E-state index contributed by atoms with van der Waals surface area (Å²) in [6, 6.07) is 5.76. The first-order valence-electron chi connectivity index (χ1n) is 7.45. The molecule has 0 N–H and O–H groups in total. The average molecular weight is 390 g/mol. The van der Waals surface area contributed by atoms with E-state index in [-0.39, 0.29) is 24.5 Å². The van der Waals surface area contributed by atoms with Crippen LogP contribution < -0.4 is 0 Å². The van der Waals surface area contributed by atoms with Gasteiger partial charge in [0.1, 0.15) is 5.82 Å². The Morgan fingerprint density at radius 3 is 1.96 bits per heavy atom. The predicted molar refractivity (Wildman–Crippen MR) is 74.2 cm³/mol. The molecule has 3 nitrogen and oxygen atoms in total. The molecule has 1 heterocycles. The molecule has 11 heteroatoms. The van der Waals surface area contributed by atoms with Gasteiger partial charge in [0.2, 0.25) is 0 Å². The SMILES string of the molecule is O=C(N1CCN(Cc2ccccc2F)CC1)C(F)(F)C(F)(F)C(F)(F)F. The van der Waals surface area contributed by atoms with Crippen molar-refractivity contribution in [2.45, 2.75) is 24.6 Å². The van der Waals surface area contributed by atoms with E-state index >= 15 is 0 Å². The highest BCUT2D eigenvalue weighted by Crippen LogP contribution is 2.47. The molecule has 0 spiro atoms. The van der Waals surface area contributed by atoms with Gasteiger partial charge in [0, 0.05) is 38.3 Å². The van der Waals surface area contributed by atoms with Gasteiger partial charge in [-0.2, -0.15) is 30.7 Å². The van der Waals surface area contributed by atoms with Crippen molar-refractivity contribution in [3.8, 4) is 0 Å². The van der Waals surface area contributed by atoms with E-state index in [2.05, 4.69) is 0 Å². The highest BCUT2D eigenvalue weighted by atomic mass is 19.4. The van der Waals surface area contributed by atoms with Gasteiger partial charge in [0.15, 0.2) is 0 Å². The van der Waals surface area contributed by atoms with Gasteiger partial charge in [0.25, 0.3) is 5.91 Å². The van der Waals surface area contributed by atoms with Gasteiger partial charge in [-0.3, -0.25) is 9.69 Å². The summed E-state index contributed by atoms with van der Waals surface area (Å²) in [6.07, 6.45) is -6.56. The van der Waals surface area contributed by atoms with Crippen molar-refractivity contribution in [1.82, 2.24) is 9.80 Å². The third-order valence-corrected chi connectivity index (χ3v) is 4.03. The molecule has 1 aliphatic rings. The molecule has 1 aromatic carbocycles. The Morgan fingerprint density at radius 2 is 1.46 bits per heavy atom. The van der Waals surface area contributed by atoms with Gasteiger partial charge in [-0.05, 0) is 6.07 Å². The van der Waals surface area contributed by atoms with Crippen molar-refractivity contribution in [2.75, 3.05) is 26.2 Å². The number of amides is 1. The van der Waals surface area contributed by atoms with E-state index in [4.69, 9.17) is 0 Å². The minimum absolute atomic E-state index is 0.0757. The molecule has 0 atom stereocenters. The first-order chi connectivity index (χ1) is 11.9. The van der Waals surface area contributed by atoms with Crippen LogP contribution in [-0.4, -0.2) is 59.9 Å². The van der Waals surface area contributed by atoms with Crippen molar-refractivity contribution >= 4 is 5.91 Å². The highest BCUT2D eigenvalue weighted by Gasteiger charge is 2.76. The van der Waals surface area contributed by atoms with Crippen LogP contribution in [0.3, 0.4) is 0 Å². The van der Waals surface area contributed by atoms with Crippen LogP contribution in [0.15, 0.2) is 24.3 Å². The summed E-state index contributed by atoms with van der Waals surface area (Å²) in [5, 5.41) is 0. The second-order valence-corrected chi connectivity index (χ2v) is 5.81. The predicted octanol–water partition coefficient (Wildman–Crippen LogP) is 3.30. The molecule has 1 saturated heterocycles. The number of alkyl halides is 7. The number of hydrogen-bond acceptors (Lipinski definition) is 2. The van der Waals surface area contributed by atoms with Crippen molar-refractivity contribution < 1.29 is 39.9 Å². The zero-order valence-corrected chi connectivity index (χ0v) is 13.2. The number of carbonyl (C=O) groups is 1. The molecule has 26 heavy (non-hydrogen) atoms. The molecular formula is C15H14F8N2O. The fraction of sp³-hybridized carbons (Fsp3) is 0.533. The molecule has 0 bridgehead atoms. The van der Waals surface area contributed by atoms with Crippen LogP contribution in [0.2, 0.25) is 0 Å². The number of piperazine rings is 1. The summed E-state index contributed by atoms with van der Waals surface area (Å²) in [7, 11) is 0. The summed E-state index contributed by atoms with van der Waals surface area (Å²) in [5.41, 5.74) is 0.307. The van der Waals surface area contributed by atoms with Crippen LogP contribution in [0.1, 0.15) is 5.56 Å². The molecule has 0 radical (unpaired) electrons. The largest absolute Gasteiger partial charge is 0.460 e. The molecule has 2 rings (SSSR count). The third-order valence-electron chi connectivity index (χ3n) is 4.03. The summed E-state index contributed by atoms with van der Waals surface area (Å²) in [4.78, 5) is 13.4. The molecule has 0 aromatic heterocycles. The van der Waals surface area contributed by atoms with E-state index in [1.165, 1.54) is 18.2 Å². The van der Waals surface area contributed by atoms with E-state index in [0.29, 0.717) is 5.56 Å². The van der Waals surface area contributed by atoms with Gasteiger partial charge in [-0.25, -0.2) is 4.39 Å². The molecule has 0 aliphatic carbocycles. The fourth-order valence-electron chi connectivity index (χ4n) is 2.49. The van der Waals surface area contributed by atoms with Crippen LogP contribution in [0, 0.1) is 5.82 Å². The molecule has 0 saturated carbocycles. The van der Waals surface area contributed by atoms with E-state index in [1.807, 2.05) is 0 Å². The molecule has 1 amide bonds. The van der Waals surface area contributed by atoms with Crippen LogP contribution in [0.25, 0.3) is 0 Å². The molecule has 1 aliphatic heterocycles. The topological polar surface area (TPSA) is 23.6 Å². The first-order valence-corrected chi connectivity index (χ1v) is 7.45. The van der Waals surface area contributed by atoms with Gasteiger partial charge in [0.05, 0.1) is 0 Å². The van der Waals surface area contributed by atoms with Crippen LogP contribution >= 0.6 is 0 Å². The van der Waals surface area contributed by atoms with Crippen LogP contribution in [0.4, 0.5) is 35.1 Å². The maximum absolute atomic E-state index is 13.6. The summed E-state index contributed by atoms with van der Waals surface area (Å²) in [6.45, 7) is -1.01. The number of halogens is 8. The monoisotopic (exact) mass is 390 g/mol. The molecule has 0 unspecified atom stereocenters. The average Bonchev–Trinajstić information content (AvgIpc) is 2.56. The molecule has 1 aromatic rings. The van der Waals surface area contributed by atoms with E-state index in [1.54, 1.807) is 11.0 Å². The van der Waals surface area contributed by atoms with E-state index in [9.17, 15) is 39.9 Å². The Bertz CT molecular complexity index is 653. The lowest BCUT2D eigenvalue weighted by Gasteiger charge is -2.37. The van der Waals surface area contributed by atoms with Crippen LogP contribution in [0.5, 0.6) is 0 Å². The van der Waals surface area contributed by atoms with Crippen molar-refractivity contribution in [1.29, 1.82) is 0 Å². The number of hydrogen-bond donors (Lipinski definition) is 0. The van der Waals surface area contributed by atoms with Gasteiger partial charge in [-0.15, -0.1) is 0 Å². The van der Waals surface area contributed by atoms with Gasteiger partial charge >= 0.3 is 18.0 Å². The summed E-state index contributed by atoms with van der Waals surface area (Å²) in [5.74, 6) is -15.5. The summed E-state index contributed by atoms with van der Waals surface area (Å²) >= 11 is 0. The summed E-state index contributed by atoms with van der Waals surface area (Å²) < 4.78 is 103. The van der Waals surface area contributed by atoms with E-state index in [0.717, 1.165) is 0 Å². The highest BCUT2D eigenvalue weighted by molar-refractivity contribution is 5.85. The zero-order valence-electron chi connectivity index (χ0n) is 13.2. The number of nitrogens with zero attached hydrogens (tertiary/aromatic N) is 2. The van der Waals surface area contributed by atoms with Crippen molar-refractivity contribution in [2.24, 2.45) is 0 Å². The Morgan fingerprint density at radius 1 is 0.923 bits per heavy atom. The smallest absolute Gasteiger partial charge is 0.335 e. The Hall–Kier alpha value is -1.91. The molecule has 146 valence electrons. The number of rotatable bonds is 4. The molecular weight excluding hydrogens is 376 g/mol. The maximum Gasteiger partial charge on any atom is 0.460 e. The van der Waals surface area contributed by atoms with Gasteiger partial charge in [-0.1, -0.05) is 18.2 Å². The van der Waals surface area contributed by atoms with Gasteiger partial charge < -0.3 is 4.90 Å². The second kappa shape index (κ2) is 7.01. The fourth-order valence-corrected chi connectivity index (χ4v) is 2.49. The van der Waals surface area contributed by atoms with E-state index < -0.39 is 42.8 Å². The Balaban J connectivity index is 2.01. The first kappa shape index (κ1) is 20.4. The van der Waals surface area contributed by atoms with Crippen molar-refractivity contribution in [3.05, 3.63) is 35.6 Å². The standard InChI is InChI=1S/C15H14F8N2O/c16-11-4-2-1-3-10(11)9-24-5-7-25(8-6-24)12(26)13(17,18)14(19,20)15(21,22)23/h1-4H,5-9H2. The normalized spacial score (nSPS) is 17.5. The second-order valence-electron chi connectivity index (χ2n) is 5.81. The lowest BCUT2D eigenvalue weighted by Crippen LogP contribution is -2.62. The lowest BCUT2D eigenvalue weighted by molar-refractivity contribution is -0.346. The maximum atomic E-state index is 13.6. The molecule has 1 fully saturated rings. The number of benzene rings is 1. The van der Waals surface area contributed by atoms with Crippen molar-refractivity contribution in [3.63, 3.8) is 0 Å². The third kappa shape index (κ3) is 3.76.